The fraction of sp³-hybridized carbons (Fsp3) is 0.320. The van der Waals surface area contributed by atoms with E-state index in [-0.39, 0.29) is 22.3 Å². The van der Waals surface area contributed by atoms with Gasteiger partial charge in [-0.25, -0.2) is 19.4 Å². The van der Waals surface area contributed by atoms with E-state index >= 15 is 0 Å². The number of aliphatic imine (C=N–C) groups is 1. The number of nitrogens with one attached hydrogen (secondary N) is 2. The highest BCUT2D eigenvalue weighted by molar-refractivity contribution is 6.32. The van der Waals surface area contributed by atoms with Crippen LogP contribution in [0.25, 0.3) is 0 Å². The van der Waals surface area contributed by atoms with Crippen LogP contribution in [0.3, 0.4) is 0 Å². The molecule has 0 spiro atoms. The van der Waals surface area contributed by atoms with Crippen molar-refractivity contribution in [2.24, 2.45) is 4.99 Å². The summed E-state index contributed by atoms with van der Waals surface area (Å²) in [5, 5.41) is 4.85. The predicted octanol–water partition coefficient (Wildman–Crippen LogP) is 5.41. The lowest BCUT2D eigenvalue weighted by Crippen LogP contribution is -2.47. The molecule has 0 unspecified atom stereocenters. The third-order valence-electron chi connectivity index (χ3n) is 3.88. The number of rotatable bonds is 4. The van der Waals surface area contributed by atoms with Crippen LogP contribution in [-0.4, -0.2) is 41.6 Å². The van der Waals surface area contributed by atoms with E-state index in [4.69, 9.17) is 25.8 Å². The number of carbonyl (C=O) groups excluding carboxylic acids is 4. The number of guanidine groups is 1. The van der Waals surface area contributed by atoms with Crippen LogP contribution in [0.5, 0.6) is 5.75 Å². The third-order valence-corrected chi connectivity index (χ3v) is 4.17. The quantitative estimate of drug-likeness (QED) is 0.182. The van der Waals surface area contributed by atoms with Crippen LogP contribution < -0.4 is 15.4 Å². The minimum Gasteiger partial charge on any atom is -0.444 e. The van der Waals surface area contributed by atoms with Gasteiger partial charge in [0.05, 0.1) is 16.3 Å². The van der Waals surface area contributed by atoms with Crippen LogP contribution >= 0.6 is 11.6 Å². The molecule has 2 N–H and O–H groups in total. The number of hydrogen-bond donors (Lipinski definition) is 2. The van der Waals surface area contributed by atoms with E-state index in [1.165, 1.54) is 42.5 Å². The normalized spacial score (nSPS) is 11.1. The summed E-state index contributed by atoms with van der Waals surface area (Å²) in [5.41, 5.74) is -0.731. The molecule has 0 fully saturated rings. The molecule has 0 aliphatic rings. The highest BCUT2D eigenvalue weighted by Gasteiger charge is 2.21. The first kappa shape index (κ1) is 28.3. The Bertz CT molecular complexity index is 1130. The van der Waals surface area contributed by atoms with E-state index in [1.807, 2.05) is 0 Å². The van der Waals surface area contributed by atoms with E-state index in [2.05, 4.69) is 15.6 Å². The van der Waals surface area contributed by atoms with Crippen molar-refractivity contribution in [2.45, 2.75) is 52.7 Å². The second-order valence-electron chi connectivity index (χ2n) is 9.46. The predicted molar refractivity (Wildman–Crippen MR) is 134 cm³/mol. The van der Waals surface area contributed by atoms with Gasteiger partial charge in [-0.2, -0.15) is 0 Å². The van der Waals surface area contributed by atoms with E-state index in [1.54, 1.807) is 41.5 Å². The molecule has 0 bridgehead atoms. The van der Waals surface area contributed by atoms with E-state index < -0.39 is 29.4 Å². The zero-order chi connectivity index (χ0) is 27.1. The third kappa shape index (κ3) is 9.75. The second kappa shape index (κ2) is 11.7. The molecule has 2 aromatic carbocycles. The minimum absolute atomic E-state index is 0.0970. The van der Waals surface area contributed by atoms with Gasteiger partial charge in [-0.15, -0.1) is 0 Å². The summed E-state index contributed by atoms with van der Waals surface area (Å²) in [5.74, 6) is -0.832. The number of ether oxygens (including phenoxy) is 3. The van der Waals surface area contributed by atoms with Crippen molar-refractivity contribution in [3.8, 4) is 5.75 Å². The number of carbonyl (C=O) groups is 4. The molecule has 0 saturated heterocycles. The second-order valence-corrected chi connectivity index (χ2v) is 9.87. The molecule has 2 aromatic rings. The van der Waals surface area contributed by atoms with Gasteiger partial charge in [-0.05, 0) is 84.0 Å². The van der Waals surface area contributed by atoms with Crippen molar-refractivity contribution < 1.29 is 33.4 Å². The molecule has 192 valence electrons. The van der Waals surface area contributed by atoms with Gasteiger partial charge < -0.3 is 14.2 Å². The van der Waals surface area contributed by atoms with E-state index in [0.717, 1.165) is 0 Å². The Hall–Kier alpha value is -3.92. The molecule has 11 heteroatoms. The molecule has 10 nitrogen and oxygen atoms in total. The minimum atomic E-state index is -0.838. The zero-order valence-electron chi connectivity index (χ0n) is 20.8. The largest absolute Gasteiger partial charge is 0.444 e. The van der Waals surface area contributed by atoms with Gasteiger partial charge in [-0.3, -0.25) is 15.4 Å². The highest BCUT2D eigenvalue weighted by Crippen LogP contribution is 2.26. The van der Waals surface area contributed by atoms with Crippen LogP contribution in [0, 0.1) is 0 Å². The van der Waals surface area contributed by atoms with Crippen LogP contribution in [0.15, 0.2) is 47.5 Å². The van der Waals surface area contributed by atoms with Gasteiger partial charge in [0.25, 0.3) is 0 Å². The monoisotopic (exact) mass is 517 g/mol. The summed E-state index contributed by atoms with van der Waals surface area (Å²) >= 11 is 6.04. The van der Waals surface area contributed by atoms with Crippen LogP contribution in [0.4, 0.5) is 15.3 Å². The lowest BCUT2D eigenvalue weighted by molar-refractivity contribution is 0.0544. The number of nitrogens with zero attached hydrogens (tertiary/aromatic N) is 1. The van der Waals surface area contributed by atoms with Gasteiger partial charge in [0.15, 0.2) is 0 Å². The van der Waals surface area contributed by atoms with Crippen molar-refractivity contribution in [1.82, 2.24) is 10.6 Å². The Morgan fingerprint density at radius 3 is 1.83 bits per heavy atom. The molecular formula is C25H28ClN3O7. The number of amides is 2. The molecule has 0 aromatic heterocycles. The summed E-state index contributed by atoms with van der Waals surface area (Å²) < 4.78 is 15.7. The Morgan fingerprint density at radius 1 is 0.861 bits per heavy atom. The van der Waals surface area contributed by atoms with Crippen LogP contribution in [-0.2, 0) is 9.47 Å². The Kier molecular flexibility index (Phi) is 9.18. The summed E-state index contributed by atoms with van der Waals surface area (Å²) in [4.78, 5) is 51.9. The van der Waals surface area contributed by atoms with Crippen molar-refractivity contribution in [1.29, 1.82) is 0 Å². The van der Waals surface area contributed by atoms with Crippen molar-refractivity contribution in [3.63, 3.8) is 0 Å². The smallest absolute Gasteiger partial charge is 0.414 e. The molecule has 0 atom stereocenters. The first-order chi connectivity index (χ1) is 16.6. The first-order valence-electron chi connectivity index (χ1n) is 10.8. The molecule has 0 aliphatic carbocycles. The molecule has 0 aliphatic heterocycles. The molecule has 0 radical (unpaired) electrons. The summed E-state index contributed by atoms with van der Waals surface area (Å²) in [7, 11) is 0. The average molecular weight is 518 g/mol. The Morgan fingerprint density at radius 2 is 1.39 bits per heavy atom. The Labute approximate surface area is 214 Å². The molecule has 0 saturated carbocycles. The van der Waals surface area contributed by atoms with Crippen molar-refractivity contribution in [3.05, 3.63) is 58.6 Å². The fourth-order valence-electron chi connectivity index (χ4n) is 2.52. The van der Waals surface area contributed by atoms with Crippen molar-refractivity contribution >= 4 is 47.7 Å². The maximum absolute atomic E-state index is 12.5. The van der Waals surface area contributed by atoms with Gasteiger partial charge in [0.2, 0.25) is 5.96 Å². The number of alkyl carbamates (subject to hydrolysis) is 2. The number of aldehydes is 1. The lowest BCUT2D eigenvalue weighted by atomic mass is 10.2. The maximum Gasteiger partial charge on any atom is 0.414 e. The van der Waals surface area contributed by atoms with Crippen molar-refractivity contribution in [2.75, 3.05) is 0 Å². The molecule has 36 heavy (non-hydrogen) atoms. The molecular weight excluding hydrogens is 490 g/mol. The van der Waals surface area contributed by atoms with Gasteiger partial charge in [0.1, 0.15) is 23.2 Å². The van der Waals surface area contributed by atoms with Gasteiger partial charge in [0, 0.05) is 5.56 Å². The molecule has 2 amide bonds. The summed E-state index contributed by atoms with van der Waals surface area (Å²) in [6, 6.07) is 10.1. The van der Waals surface area contributed by atoms with Crippen LogP contribution in [0.2, 0.25) is 5.02 Å². The fourth-order valence-corrected chi connectivity index (χ4v) is 2.75. The van der Waals surface area contributed by atoms with Crippen LogP contribution in [0.1, 0.15) is 62.3 Å². The zero-order valence-corrected chi connectivity index (χ0v) is 21.6. The van der Waals surface area contributed by atoms with Gasteiger partial charge >= 0.3 is 18.2 Å². The number of esters is 1. The van der Waals surface area contributed by atoms with Gasteiger partial charge in [-0.1, -0.05) is 11.6 Å². The average Bonchev–Trinajstić information content (AvgIpc) is 2.72. The number of halogens is 1. The standard InChI is InChI=1S/C25H28ClN3O7/c1-24(2,3)35-22(32)28-21(29-23(33)36-25(4,5)6)27-17-10-8-16(9-11-17)20(31)34-19-12-7-15(14-30)13-18(19)26/h7-14H,1-6H3,(H2,27,28,29,32,33). The first-order valence-corrected chi connectivity index (χ1v) is 11.2. The number of benzene rings is 2. The topological polar surface area (TPSA) is 132 Å². The maximum atomic E-state index is 12.5. The highest BCUT2D eigenvalue weighted by atomic mass is 35.5. The summed E-state index contributed by atoms with van der Waals surface area (Å²) in [6.45, 7) is 10.1. The molecule has 2 rings (SSSR count). The lowest BCUT2D eigenvalue weighted by Gasteiger charge is -2.22. The molecule has 0 heterocycles. The van der Waals surface area contributed by atoms with E-state index in [0.29, 0.717) is 17.5 Å². The van der Waals surface area contributed by atoms with E-state index in [9.17, 15) is 19.2 Å². The summed E-state index contributed by atoms with van der Waals surface area (Å²) in [6.07, 6.45) is -1.05. The SMILES string of the molecule is CC(C)(C)OC(=O)NC(=Nc1ccc(C(=O)Oc2ccc(C=O)cc2Cl)cc1)NC(=O)OC(C)(C)C. The Balaban J connectivity index is 2.20. The number of hydrogen-bond acceptors (Lipinski definition) is 8.